The maximum atomic E-state index is 9.92. The van der Waals surface area contributed by atoms with Crippen LogP contribution in [0.5, 0.6) is 0 Å². The summed E-state index contributed by atoms with van der Waals surface area (Å²) in [5.74, 6) is 1.39. The number of fused-ring (bicyclic) bond motifs is 1. The van der Waals surface area contributed by atoms with Gasteiger partial charge in [0.25, 0.3) is 0 Å². The largest absolute Gasteiger partial charge is 0.392 e. The van der Waals surface area contributed by atoms with Crippen LogP contribution < -0.4 is 0 Å². The lowest BCUT2D eigenvalue weighted by Gasteiger charge is -2.03. The molecule has 1 fully saturated rings. The molecule has 6 heteroatoms. The van der Waals surface area contributed by atoms with Gasteiger partial charge in [-0.15, -0.1) is 0 Å². The zero-order chi connectivity index (χ0) is 14.2. The van der Waals surface area contributed by atoms with E-state index in [4.69, 9.17) is 4.52 Å². The summed E-state index contributed by atoms with van der Waals surface area (Å²) >= 11 is 0. The van der Waals surface area contributed by atoms with Crippen molar-refractivity contribution >= 4 is 11.0 Å². The van der Waals surface area contributed by atoms with E-state index in [2.05, 4.69) is 20.1 Å². The van der Waals surface area contributed by atoms with Gasteiger partial charge in [-0.1, -0.05) is 5.16 Å². The van der Waals surface area contributed by atoms with Gasteiger partial charge >= 0.3 is 0 Å². The smallest absolute Gasteiger partial charge is 0.229 e. The van der Waals surface area contributed by atoms with Crippen LogP contribution in [0.25, 0.3) is 22.4 Å². The van der Waals surface area contributed by atoms with Crippen LogP contribution in [-0.2, 0) is 6.42 Å². The molecule has 0 spiro atoms. The van der Waals surface area contributed by atoms with Crippen LogP contribution in [0, 0.1) is 5.92 Å². The minimum atomic E-state index is -0.374. The van der Waals surface area contributed by atoms with Crippen LogP contribution in [-0.4, -0.2) is 31.3 Å². The summed E-state index contributed by atoms with van der Waals surface area (Å²) in [4.78, 5) is 12.8. The van der Waals surface area contributed by atoms with Crippen molar-refractivity contribution in [1.82, 2.24) is 20.1 Å². The minimum absolute atomic E-state index is 0.374. The molecule has 21 heavy (non-hydrogen) atoms. The highest BCUT2D eigenvalue weighted by Gasteiger charge is 2.31. The first kappa shape index (κ1) is 12.4. The van der Waals surface area contributed by atoms with Gasteiger partial charge in [0.05, 0.1) is 23.6 Å². The second-order valence-electron chi connectivity index (χ2n) is 5.38. The third-order valence-electron chi connectivity index (χ3n) is 3.75. The van der Waals surface area contributed by atoms with Crippen LogP contribution in [0.15, 0.2) is 35.1 Å². The molecule has 0 radical (unpaired) electrons. The highest BCUT2D eigenvalue weighted by atomic mass is 16.5. The van der Waals surface area contributed by atoms with E-state index in [1.807, 2.05) is 18.2 Å². The Balaban J connectivity index is 1.60. The first-order valence-electron chi connectivity index (χ1n) is 7.01. The van der Waals surface area contributed by atoms with Crippen molar-refractivity contribution in [3.63, 3.8) is 0 Å². The number of hydrogen-bond acceptors (Lipinski definition) is 6. The summed E-state index contributed by atoms with van der Waals surface area (Å²) in [6.07, 6.45) is 5.54. The predicted molar refractivity (Wildman–Crippen MR) is 75.3 cm³/mol. The van der Waals surface area contributed by atoms with Crippen LogP contribution in [0.3, 0.4) is 0 Å². The number of aliphatic hydroxyl groups is 1. The van der Waals surface area contributed by atoms with Crippen molar-refractivity contribution < 1.29 is 9.63 Å². The van der Waals surface area contributed by atoms with Crippen LogP contribution in [0.1, 0.15) is 18.7 Å². The van der Waals surface area contributed by atoms with Gasteiger partial charge in [-0.3, -0.25) is 9.97 Å². The SMILES string of the molecule is OC(Cc1nc(-c2ccc3nccnc3c2)no1)C1CC1. The molecule has 1 aromatic carbocycles. The summed E-state index contributed by atoms with van der Waals surface area (Å²) in [6, 6.07) is 5.66. The molecule has 1 unspecified atom stereocenters. The molecule has 1 atom stereocenters. The van der Waals surface area contributed by atoms with Crippen molar-refractivity contribution in [2.45, 2.75) is 25.4 Å². The first-order valence-corrected chi connectivity index (χ1v) is 7.01. The summed E-state index contributed by atoms with van der Waals surface area (Å²) in [5, 5.41) is 13.9. The van der Waals surface area contributed by atoms with Gasteiger partial charge in [-0.05, 0) is 37.0 Å². The normalized spacial score (nSPS) is 16.2. The molecular formula is C15H14N4O2. The van der Waals surface area contributed by atoms with Crippen molar-refractivity contribution in [2.24, 2.45) is 5.92 Å². The van der Waals surface area contributed by atoms with Crippen LogP contribution in [0.4, 0.5) is 0 Å². The van der Waals surface area contributed by atoms with E-state index in [1.54, 1.807) is 12.4 Å². The van der Waals surface area contributed by atoms with Gasteiger partial charge in [0, 0.05) is 18.0 Å². The summed E-state index contributed by atoms with van der Waals surface area (Å²) < 4.78 is 5.22. The Morgan fingerprint density at radius 1 is 1.19 bits per heavy atom. The number of hydrogen-bond donors (Lipinski definition) is 1. The molecule has 106 valence electrons. The van der Waals surface area contributed by atoms with Crippen LogP contribution in [0.2, 0.25) is 0 Å². The van der Waals surface area contributed by atoms with Crippen molar-refractivity contribution in [3.8, 4) is 11.4 Å². The topological polar surface area (TPSA) is 84.9 Å². The number of benzene rings is 1. The molecule has 4 rings (SSSR count). The Labute approximate surface area is 120 Å². The number of aliphatic hydroxyl groups excluding tert-OH is 1. The number of rotatable bonds is 4. The minimum Gasteiger partial charge on any atom is -0.392 e. The van der Waals surface area contributed by atoms with E-state index >= 15 is 0 Å². The van der Waals surface area contributed by atoms with Crippen LogP contribution >= 0.6 is 0 Å². The lowest BCUT2D eigenvalue weighted by atomic mass is 10.1. The lowest BCUT2D eigenvalue weighted by Crippen LogP contribution is -2.12. The Bertz CT molecular complexity index is 782. The monoisotopic (exact) mass is 282 g/mol. The fraction of sp³-hybridized carbons (Fsp3) is 0.333. The molecule has 0 amide bonds. The van der Waals surface area contributed by atoms with E-state index in [0.717, 1.165) is 29.4 Å². The molecule has 2 heterocycles. The first-order chi connectivity index (χ1) is 10.3. The van der Waals surface area contributed by atoms with Crippen molar-refractivity contribution in [2.75, 3.05) is 0 Å². The molecule has 1 aliphatic carbocycles. The van der Waals surface area contributed by atoms with E-state index in [1.165, 1.54) is 0 Å². The Morgan fingerprint density at radius 3 is 2.81 bits per heavy atom. The Kier molecular flexibility index (Phi) is 2.89. The summed E-state index contributed by atoms with van der Waals surface area (Å²) in [7, 11) is 0. The molecule has 3 aromatic rings. The zero-order valence-electron chi connectivity index (χ0n) is 11.3. The predicted octanol–water partition coefficient (Wildman–Crippen LogP) is 1.99. The third-order valence-corrected chi connectivity index (χ3v) is 3.75. The summed E-state index contributed by atoms with van der Waals surface area (Å²) in [6.45, 7) is 0. The Morgan fingerprint density at radius 2 is 2.00 bits per heavy atom. The van der Waals surface area contributed by atoms with Gasteiger partial charge in [0.1, 0.15) is 0 Å². The summed E-state index contributed by atoms with van der Waals surface area (Å²) in [5.41, 5.74) is 2.45. The standard InChI is InChI=1S/C15H14N4O2/c20-13(9-1-2-9)8-14-18-15(19-21-14)10-3-4-11-12(7-10)17-6-5-16-11/h3-7,9,13,20H,1-2,8H2. The van der Waals surface area contributed by atoms with Gasteiger partial charge < -0.3 is 9.63 Å². The maximum absolute atomic E-state index is 9.92. The average molecular weight is 282 g/mol. The molecule has 1 N–H and O–H groups in total. The Hall–Kier alpha value is -2.34. The zero-order valence-corrected chi connectivity index (χ0v) is 11.3. The quantitative estimate of drug-likeness (QED) is 0.787. The van der Waals surface area contributed by atoms with Gasteiger partial charge in [-0.2, -0.15) is 4.98 Å². The van der Waals surface area contributed by atoms with Crippen molar-refractivity contribution in [1.29, 1.82) is 0 Å². The fourth-order valence-corrected chi connectivity index (χ4v) is 2.38. The molecule has 0 saturated heterocycles. The van der Waals surface area contributed by atoms with Gasteiger partial charge in [-0.25, -0.2) is 0 Å². The molecule has 0 bridgehead atoms. The molecule has 1 aliphatic rings. The lowest BCUT2D eigenvalue weighted by molar-refractivity contribution is 0.140. The van der Waals surface area contributed by atoms with E-state index in [-0.39, 0.29) is 6.10 Å². The van der Waals surface area contributed by atoms with E-state index in [9.17, 15) is 5.11 Å². The molecule has 2 aromatic heterocycles. The second-order valence-corrected chi connectivity index (χ2v) is 5.38. The van der Waals surface area contributed by atoms with Gasteiger partial charge in [0.15, 0.2) is 0 Å². The van der Waals surface area contributed by atoms with E-state index < -0.39 is 0 Å². The number of nitrogens with zero attached hydrogens (tertiary/aromatic N) is 4. The van der Waals surface area contributed by atoms with E-state index in [0.29, 0.717) is 24.1 Å². The second kappa shape index (κ2) is 4.89. The third kappa shape index (κ3) is 2.50. The number of aromatic nitrogens is 4. The highest BCUT2D eigenvalue weighted by Crippen LogP contribution is 2.34. The maximum Gasteiger partial charge on any atom is 0.229 e. The fourth-order valence-electron chi connectivity index (χ4n) is 2.38. The van der Waals surface area contributed by atoms with Crippen molar-refractivity contribution in [3.05, 3.63) is 36.5 Å². The molecule has 6 nitrogen and oxygen atoms in total. The molecular weight excluding hydrogens is 268 g/mol. The average Bonchev–Trinajstić information content (AvgIpc) is 3.27. The van der Waals surface area contributed by atoms with Gasteiger partial charge in [0.2, 0.25) is 11.7 Å². The molecule has 1 saturated carbocycles. The highest BCUT2D eigenvalue weighted by molar-refractivity contribution is 5.79. The molecule has 0 aliphatic heterocycles.